The van der Waals surface area contributed by atoms with Crippen LogP contribution in [0.1, 0.15) is 0 Å². The lowest BCUT2D eigenvalue weighted by molar-refractivity contribution is 0.477. The van der Waals surface area contributed by atoms with Gasteiger partial charge in [0.05, 0.1) is 5.39 Å². The third kappa shape index (κ3) is 1.62. The molecule has 0 saturated carbocycles. The number of rotatable bonds is 1. The van der Waals surface area contributed by atoms with Gasteiger partial charge in [0.25, 0.3) is 0 Å². The summed E-state index contributed by atoms with van der Waals surface area (Å²) in [6, 6.07) is 10.1. The largest absolute Gasteiger partial charge is 0.506 e. The standard InChI is InChI=1S/C13H8O3S/c14-9-5-6-17-13(9)12-7-10(15)8-3-1-2-4-11(8)16-12/h1-7,14H. The summed E-state index contributed by atoms with van der Waals surface area (Å²) in [5.41, 5.74) is 0.428. The second-order valence-electron chi connectivity index (χ2n) is 3.61. The summed E-state index contributed by atoms with van der Waals surface area (Å²) in [7, 11) is 0. The average Bonchev–Trinajstić information content (AvgIpc) is 2.75. The Morgan fingerprint density at radius 2 is 2.00 bits per heavy atom. The molecule has 0 aliphatic heterocycles. The van der Waals surface area contributed by atoms with Gasteiger partial charge in [-0.1, -0.05) is 12.1 Å². The van der Waals surface area contributed by atoms with Crippen molar-refractivity contribution in [3.8, 4) is 16.4 Å². The Morgan fingerprint density at radius 1 is 1.18 bits per heavy atom. The maximum Gasteiger partial charge on any atom is 0.193 e. The van der Waals surface area contributed by atoms with Crippen LogP contribution in [0.3, 0.4) is 0 Å². The Hall–Kier alpha value is -2.07. The Morgan fingerprint density at radius 3 is 2.76 bits per heavy atom. The third-order valence-electron chi connectivity index (χ3n) is 2.50. The van der Waals surface area contributed by atoms with E-state index in [2.05, 4.69) is 0 Å². The summed E-state index contributed by atoms with van der Waals surface area (Å²) in [4.78, 5) is 12.4. The molecule has 17 heavy (non-hydrogen) atoms. The lowest BCUT2D eigenvalue weighted by atomic mass is 10.2. The van der Waals surface area contributed by atoms with E-state index in [1.54, 1.807) is 29.6 Å². The second-order valence-corrected chi connectivity index (χ2v) is 4.52. The third-order valence-corrected chi connectivity index (χ3v) is 3.42. The van der Waals surface area contributed by atoms with Crippen LogP contribution in [0.5, 0.6) is 5.75 Å². The molecule has 3 nitrogen and oxygen atoms in total. The monoisotopic (exact) mass is 244 g/mol. The molecule has 0 fully saturated rings. The molecule has 3 rings (SSSR count). The first-order chi connectivity index (χ1) is 8.25. The maximum absolute atomic E-state index is 11.9. The highest BCUT2D eigenvalue weighted by atomic mass is 32.1. The zero-order valence-electron chi connectivity index (χ0n) is 8.71. The lowest BCUT2D eigenvalue weighted by Gasteiger charge is -2.01. The van der Waals surface area contributed by atoms with Crippen LogP contribution < -0.4 is 5.43 Å². The zero-order chi connectivity index (χ0) is 11.8. The molecule has 84 valence electrons. The molecule has 3 aromatic rings. The van der Waals surface area contributed by atoms with E-state index in [1.165, 1.54) is 17.4 Å². The molecule has 0 spiro atoms. The van der Waals surface area contributed by atoms with Crippen LogP contribution in [0, 0.1) is 0 Å². The van der Waals surface area contributed by atoms with Crippen LogP contribution >= 0.6 is 11.3 Å². The molecule has 0 amide bonds. The number of aromatic hydroxyl groups is 1. The minimum Gasteiger partial charge on any atom is -0.506 e. The average molecular weight is 244 g/mol. The molecule has 0 atom stereocenters. The van der Waals surface area contributed by atoms with E-state index < -0.39 is 0 Å². The Balaban J connectivity index is 2.33. The number of hydrogen-bond acceptors (Lipinski definition) is 4. The van der Waals surface area contributed by atoms with Crippen LogP contribution in [-0.2, 0) is 0 Å². The number of benzene rings is 1. The van der Waals surface area contributed by atoms with E-state index in [9.17, 15) is 9.90 Å². The SMILES string of the molecule is O=c1cc(-c2sccc2O)oc2ccccc12. The van der Waals surface area contributed by atoms with E-state index >= 15 is 0 Å². The highest BCUT2D eigenvalue weighted by molar-refractivity contribution is 7.13. The summed E-state index contributed by atoms with van der Waals surface area (Å²) >= 11 is 1.34. The minimum atomic E-state index is -0.102. The predicted octanol–water partition coefficient (Wildman–Crippen LogP) is 3.23. The molecule has 4 heteroatoms. The van der Waals surface area contributed by atoms with Crippen molar-refractivity contribution in [1.29, 1.82) is 0 Å². The van der Waals surface area contributed by atoms with Gasteiger partial charge in [0.15, 0.2) is 11.2 Å². The van der Waals surface area contributed by atoms with Gasteiger partial charge in [0, 0.05) is 6.07 Å². The van der Waals surface area contributed by atoms with E-state index in [0.717, 1.165) is 0 Å². The van der Waals surface area contributed by atoms with Crippen LogP contribution in [-0.4, -0.2) is 5.11 Å². The van der Waals surface area contributed by atoms with Gasteiger partial charge in [-0.05, 0) is 23.6 Å². The van der Waals surface area contributed by atoms with Crippen molar-refractivity contribution in [2.45, 2.75) is 0 Å². The fourth-order valence-corrected chi connectivity index (χ4v) is 2.44. The van der Waals surface area contributed by atoms with Crippen molar-refractivity contribution in [3.05, 3.63) is 52.0 Å². The number of fused-ring (bicyclic) bond motifs is 1. The Labute approximate surface area is 101 Å². The minimum absolute atomic E-state index is 0.102. The molecular weight excluding hydrogens is 236 g/mol. The molecule has 0 radical (unpaired) electrons. The molecule has 0 saturated heterocycles. The quantitative estimate of drug-likeness (QED) is 0.715. The summed E-state index contributed by atoms with van der Waals surface area (Å²) in [5, 5.41) is 11.9. The van der Waals surface area contributed by atoms with Crippen molar-refractivity contribution in [1.82, 2.24) is 0 Å². The lowest BCUT2D eigenvalue weighted by Crippen LogP contribution is -1.99. The number of thiophene rings is 1. The summed E-state index contributed by atoms with van der Waals surface area (Å²) in [6.07, 6.45) is 0. The van der Waals surface area contributed by atoms with Gasteiger partial charge in [-0.25, -0.2) is 0 Å². The van der Waals surface area contributed by atoms with E-state index in [-0.39, 0.29) is 11.2 Å². The Kier molecular flexibility index (Phi) is 2.23. The fourth-order valence-electron chi connectivity index (χ4n) is 1.70. The van der Waals surface area contributed by atoms with E-state index in [1.807, 2.05) is 6.07 Å². The molecule has 2 heterocycles. The van der Waals surface area contributed by atoms with Gasteiger partial charge >= 0.3 is 0 Å². The zero-order valence-corrected chi connectivity index (χ0v) is 9.53. The summed E-state index contributed by atoms with van der Waals surface area (Å²) < 4.78 is 5.62. The molecule has 1 N–H and O–H groups in total. The van der Waals surface area contributed by atoms with Crippen molar-refractivity contribution in [2.24, 2.45) is 0 Å². The normalized spacial score (nSPS) is 10.8. The molecular formula is C13H8O3S. The first-order valence-electron chi connectivity index (χ1n) is 5.05. The van der Waals surface area contributed by atoms with Crippen LogP contribution in [0.4, 0.5) is 0 Å². The van der Waals surface area contributed by atoms with Crippen molar-refractivity contribution in [2.75, 3.05) is 0 Å². The highest BCUT2D eigenvalue weighted by Gasteiger charge is 2.11. The summed E-state index contributed by atoms with van der Waals surface area (Å²) in [5.74, 6) is 0.537. The van der Waals surface area contributed by atoms with E-state index in [4.69, 9.17) is 4.42 Å². The van der Waals surface area contributed by atoms with Gasteiger partial charge in [-0.2, -0.15) is 0 Å². The van der Waals surface area contributed by atoms with Crippen molar-refractivity contribution in [3.63, 3.8) is 0 Å². The molecule has 0 unspecified atom stereocenters. The maximum atomic E-state index is 11.9. The molecule has 2 aromatic heterocycles. The first kappa shape index (κ1) is 10.1. The molecule has 0 bridgehead atoms. The topological polar surface area (TPSA) is 50.4 Å². The second kappa shape index (κ2) is 3.75. The van der Waals surface area contributed by atoms with Gasteiger partial charge in [0.1, 0.15) is 16.2 Å². The van der Waals surface area contributed by atoms with Crippen LogP contribution in [0.25, 0.3) is 21.6 Å². The van der Waals surface area contributed by atoms with E-state index in [0.29, 0.717) is 21.6 Å². The van der Waals surface area contributed by atoms with Crippen molar-refractivity contribution >= 4 is 22.3 Å². The predicted molar refractivity (Wildman–Crippen MR) is 67.5 cm³/mol. The number of hydrogen-bond donors (Lipinski definition) is 1. The molecule has 0 aliphatic carbocycles. The smallest absolute Gasteiger partial charge is 0.193 e. The van der Waals surface area contributed by atoms with Gasteiger partial charge in [0.2, 0.25) is 0 Å². The Bertz CT molecular complexity index is 740. The fraction of sp³-hybridized carbons (Fsp3) is 0. The van der Waals surface area contributed by atoms with Crippen LogP contribution in [0.15, 0.2) is 51.0 Å². The van der Waals surface area contributed by atoms with Gasteiger partial charge in [-0.15, -0.1) is 11.3 Å². The van der Waals surface area contributed by atoms with Gasteiger partial charge in [-0.3, -0.25) is 4.79 Å². The first-order valence-corrected chi connectivity index (χ1v) is 5.93. The van der Waals surface area contributed by atoms with Gasteiger partial charge < -0.3 is 9.52 Å². The molecule has 0 aliphatic rings. The number of para-hydroxylation sites is 1. The van der Waals surface area contributed by atoms with Crippen LogP contribution in [0.2, 0.25) is 0 Å². The summed E-state index contributed by atoms with van der Waals surface area (Å²) in [6.45, 7) is 0. The van der Waals surface area contributed by atoms with Crippen molar-refractivity contribution < 1.29 is 9.52 Å². The molecule has 1 aromatic carbocycles. The highest BCUT2D eigenvalue weighted by Crippen LogP contribution is 2.34.